The summed E-state index contributed by atoms with van der Waals surface area (Å²) in [6.07, 6.45) is 0. The Bertz CT molecular complexity index is 545. The van der Waals surface area contributed by atoms with Gasteiger partial charge in [-0.05, 0) is 19.1 Å². The molecule has 5 heteroatoms. The van der Waals surface area contributed by atoms with E-state index < -0.39 is 5.97 Å². The number of carboxylic acid groups (broad SMARTS) is 1. The molecule has 5 nitrogen and oxygen atoms in total. The lowest BCUT2D eigenvalue weighted by molar-refractivity contribution is -0.139. The molecule has 16 heavy (non-hydrogen) atoms. The molecule has 2 rings (SSSR count). The topological polar surface area (TPSA) is 64.3 Å². The zero-order valence-electron chi connectivity index (χ0n) is 9.10. The molecule has 0 spiro atoms. The molecule has 1 N–H and O–H groups in total. The number of hydrogen-bond donors (Lipinski definition) is 1. The van der Waals surface area contributed by atoms with Gasteiger partial charge >= 0.3 is 5.97 Å². The number of aryl methyl sites for hydroxylation is 2. The van der Waals surface area contributed by atoms with Crippen LogP contribution >= 0.6 is 0 Å². The fourth-order valence-corrected chi connectivity index (χ4v) is 1.56. The van der Waals surface area contributed by atoms with Crippen LogP contribution in [0.4, 0.5) is 0 Å². The minimum atomic E-state index is -0.996. The highest BCUT2D eigenvalue weighted by Crippen LogP contribution is 2.24. The molecule has 0 aliphatic heterocycles. The molecular formula is C11H12N2O3. The Balaban J connectivity index is 2.45. The molecule has 0 atom stereocenters. The van der Waals surface area contributed by atoms with Gasteiger partial charge in [0.1, 0.15) is 17.1 Å². The van der Waals surface area contributed by atoms with Crippen molar-refractivity contribution in [1.29, 1.82) is 0 Å². The highest BCUT2D eigenvalue weighted by molar-refractivity contribution is 5.83. The number of imidazole rings is 1. The van der Waals surface area contributed by atoms with E-state index in [9.17, 15) is 4.79 Å². The van der Waals surface area contributed by atoms with E-state index in [0.29, 0.717) is 11.3 Å². The lowest BCUT2D eigenvalue weighted by atomic mass is 10.3. The Morgan fingerprint density at radius 3 is 3.00 bits per heavy atom. The first-order valence-corrected chi connectivity index (χ1v) is 4.86. The molecule has 2 aromatic rings. The molecule has 1 aromatic carbocycles. The van der Waals surface area contributed by atoms with Crippen LogP contribution < -0.4 is 4.74 Å². The first-order valence-electron chi connectivity index (χ1n) is 4.86. The van der Waals surface area contributed by atoms with Gasteiger partial charge in [0, 0.05) is 7.05 Å². The zero-order valence-corrected chi connectivity index (χ0v) is 9.10. The number of carboxylic acids is 1. The minimum absolute atomic E-state index is 0.352. The van der Waals surface area contributed by atoms with Gasteiger partial charge in [0.2, 0.25) is 0 Å². The van der Waals surface area contributed by atoms with Crippen molar-refractivity contribution in [2.24, 2.45) is 7.05 Å². The van der Waals surface area contributed by atoms with Gasteiger partial charge in [0.05, 0.1) is 5.52 Å². The Hall–Kier alpha value is -2.04. The summed E-state index contributed by atoms with van der Waals surface area (Å²) in [4.78, 5) is 14.8. The van der Waals surface area contributed by atoms with Gasteiger partial charge in [-0.15, -0.1) is 0 Å². The molecule has 0 fully saturated rings. The van der Waals surface area contributed by atoms with Crippen LogP contribution in [0.5, 0.6) is 5.75 Å². The summed E-state index contributed by atoms with van der Waals surface area (Å²) in [6.45, 7) is 1.54. The molecular weight excluding hydrogens is 208 g/mol. The third-order valence-corrected chi connectivity index (χ3v) is 2.45. The molecule has 1 heterocycles. The molecule has 1 aromatic heterocycles. The van der Waals surface area contributed by atoms with E-state index in [1.165, 1.54) is 0 Å². The standard InChI is InChI=1S/C11H12N2O3/c1-7-12-11-8(13(7)2)4-3-5-9(11)16-6-10(14)15/h3-5H,6H2,1-2H3,(H,14,15). The van der Waals surface area contributed by atoms with Gasteiger partial charge < -0.3 is 14.4 Å². The highest BCUT2D eigenvalue weighted by atomic mass is 16.5. The number of ether oxygens (including phenoxy) is 1. The van der Waals surface area contributed by atoms with Gasteiger partial charge in [-0.2, -0.15) is 0 Å². The van der Waals surface area contributed by atoms with Crippen molar-refractivity contribution in [1.82, 2.24) is 9.55 Å². The summed E-state index contributed by atoms with van der Waals surface area (Å²) < 4.78 is 7.11. The summed E-state index contributed by atoms with van der Waals surface area (Å²) in [5.74, 6) is 0.370. The molecule has 0 radical (unpaired) electrons. The Labute approximate surface area is 92.3 Å². The normalized spacial score (nSPS) is 10.6. The molecule has 0 aliphatic rings. The molecule has 0 aliphatic carbocycles. The Morgan fingerprint density at radius 1 is 1.56 bits per heavy atom. The second kappa shape index (κ2) is 3.84. The van der Waals surface area contributed by atoms with Gasteiger partial charge in [-0.1, -0.05) is 6.07 Å². The Kier molecular flexibility index (Phi) is 2.52. The van der Waals surface area contributed by atoms with E-state index in [1.807, 2.05) is 30.7 Å². The van der Waals surface area contributed by atoms with Crippen molar-refractivity contribution in [3.63, 3.8) is 0 Å². The molecule has 0 saturated carbocycles. The Morgan fingerprint density at radius 2 is 2.31 bits per heavy atom. The first-order chi connectivity index (χ1) is 7.59. The summed E-state index contributed by atoms with van der Waals surface area (Å²) in [5.41, 5.74) is 1.63. The molecule has 0 bridgehead atoms. The van der Waals surface area contributed by atoms with E-state index in [2.05, 4.69) is 4.98 Å². The number of para-hydroxylation sites is 1. The number of aliphatic carboxylic acids is 1. The fourth-order valence-electron chi connectivity index (χ4n) is 1.56. The smallest absolute Gasteiger partial charge is 0.341 e. The van der Waals surface area contributed by atoms with Crippen LogP contribution in [0, 0.1) is 6.92 Å². The predicted octanol–water partition coefficient (Wildman–Crippen LogP) is 1.35. The van der Waals surface area contributed by atoms with Gasteiger partial charge in [-0.3, -0.25) is 0 Å². The highest BCUT2D eigenvalue weighted by Gasteiger charge is 2.10. The van der Waals surface area contributed by atoms with E-state index in [-0.39, 0.29) is 6.61 Å². The van der Waals surface area contributed by atoms with Crippen LogP contribution in [0.3, 0.4) is 0 Å². The molecule has 0 amide bonds. The van der Waals surface area contributed by atoms with Crippen LogP contribution in [0.1, 0.15) is 5.82 Å². The lowest BCUT2D eigenvalue weighted by Crippen LogP contribution is -2.09. The average Bonchev–Trinajstić information content (AvgIpc) is 2.53. The van der Waals surface area contributed by atoms with Gasteiger partial charge in [-0.25, -0.2) is 9.78 Å². The monoisotopic (exact) mass is 220 g/mol. The largest absolute Gasteiger partial charge is 0.480 e. The maximum atomic E-state index is 10.4. The third-order valence-electron chi connectivity index (χ3n) is 2.45. The van der Waals surface area contributed by atoms with Crippen LogP contribution in [-0.4, -0.2) is 27.2 Å². The second-order valence-corrected chi connectivity index (χ2v) is 3.52. The van der Waals surface area contributed by atoms with Crippen LogP contribution in [0.2, 0.25) is 0 Å². The van der Waals surface area contributed by atoms with Crippen molar-refractivity contribution >= 4 is 17.0 Å². The maximum absolute atomic E-state index is 10.4. The number of fused-ring (bicyclic) bond motifs is 1. The van der Waals surface area contributed by atoms with Crippen molar-refractivity contribution < 1.29 is 14.6 Å². The number of nitrogens with zero attached hydrogens (tertiary/aromatic N) is 2. The number of benzene rings is 1. The second-order valence-electron chi connectivity index (χ2n) is 3.52. The van der Waals surface area contributed by atoms with Crippen molar-refractivity contribution in [2.75, 3.05) is 6.61 Å². The zero-order chi connectivity index (χ0) is 11.7. The van der Waals surface area contributed by atoms with Crippen LogP contribution in [0.15, 0.2) is 18.2 Å². The summed E-state index contributed by atoms with van der Waals surface area (Å²) in [7, 11) is 1.91. The van der Waals surface area contributed by atoms with E-state index in [4.69, 9.17) is 9.84 Å². The molecule has 0 unspecified atom stereocenters. The lowest BCUT2D eigenvalue weighted by Gasteiger charge is -2.03. The summed E-state index contributed by atoms with van der Waals surface area (Å²) in [6, 6.07) is 5.46. The van der Waals surface area contributed by atoms with Crippen LogP contribution in [-0.2, 0) is 11.8 Å². The minimum Gasteiger partial charge on any atom is -0.480 e. The van der Waals surface area contributed by atoms with Crippen LogP contribution in [0.25, 0.3) is 11.0 Å². The van der Waals surface area contributed by atoms with Gasteiger partial charge in [0.15, 0.2) is 6.61 Å². The first kappa shape index (κ1) is 10.5. The average molecular weight is 220 g/mol. The molecule has 0 saturated heterocycles. The molecule has 84 valence electrons. The SMILES string of the molecule is Cc1nc2c(OCC(=O)O)cccc2n1C. The van der Waals surface area contributed by atoms with Crippen molar-refractivity contribution in [3.8, 4) is 5.75 Å². The fraction of sp³-hybridized carbons (Fsp3) is 0.273. The van der Waals surface area contributed by atoms with Crippen molar-refractivity contribution in [2.45, 2.75) is 6.92 Å². The quantitative estimate of drug-likeness (QED) is 0.847. The third kappa shape index (κ3) is 1.71. The summed E-state index contributed by atoms with van der Waals surface area (Å²) >= 11 is 0. The number of aromatic nitrogens is 2. The van der Waals surface area contributed by atoms with E-state index in [0.717, 1.165) is 11.3 Å². The number of rotatable bonds is 3. The predicted molar refractivity (Wildman–Crippen MR) is 58.6 cm³/mol. The maximum Gasteiger partial charge on any atom is 0.341 e. The van der Waals surface area contributed by atoms with Crippen molar-refractivity contribution in [3.05, 3.63) is 24.0 Å². The number of hydrogen-bond acceptors (Lipinski definition) is 3. The van der Waals surface area contributed by atoms with E-state index in [1.54, 1.807) is 6.07 Å². The summed E-state index contributed by atoms with van der Waals surface area (Å²) in [5, 5.41) is 8.56. The van der Waals surface area contributed by atoms with Gasteiger partial charge in [0.25, 0.3) is 0 Å². The number of carbonyl (C=O) groups is 1. The van der Waals surface area contributed by atoms with E-state index >= 15 is 0 Å².